The van der Waals surface area contributed by atoms with Crippen LogP contribution in [0.3, 0.4) is 0 Å². The third kappa shape index (κ3) is 5.90. The fraction of sp³-hybridized carbons (Fsp3) is 0.381. The third-order valence-corrected chi connectivity index (χ3v) is 5.01. The Morgan fingerprint density at radius 2 is 1.59 bits per heavy atom. The molecule has 0 unspecified atom stereocenters. The molecule has 0 bridgehead atoms. The van der Waals surface area contributed by atoms with Crippen LogP contribution in [0.25, 0.3) is 0 Å². The van der Waals surface area contributed by atoms with E-state index in [-0.39, 0.29) is 12.2 Å². The minimum absolute atomic E-state index is 0.0173. The lowest BCUT2D eigenvalue weighted by Gasteiger charge is -2.29. The van der Waals surface area contributed by atoms with Crippen molar-refractivity contribution in [2.24, 2.45) is 0 Å². The number of nitrogens with zero attached hydrogens (tertiary/aromatic N) is 2. The molecule has 5 nitrogen and oxygen atoms in total. The van der Waals surface area contributed by atoms with Gasteiger partial charge in [0.05, 0.1) is 16.7 Å². The first-order valence-corrected chi connectivity index (χ1v) is 9.59. The number of pyridine rings is 1. The summed E-state index contributed by atoms with van der Waals surface area (Å²) in [5, 5.41) is 11.3. The van der Waals surface area contributed by atoms with Crippen LogP contribution in [0.1, 0.15) is 52.7 Å². The van der Waals surface area contributed by atoms with E-state index in [2.05, 4.69) is 10.3 Å². The predicted molar refractivity (Wildman–Crippen MR) is 99.5 cm³/mol. The zero-order valence-electron chi connectivity index (χ0n) is 16.4. The van der Waals surface area contributed by atoms with Crippen molar-refractivity contribution < 1.29 is 35.9 Å². The van der Waals surface area contributed by atoms with E-state index in [0.29, 0.717) is 49.3 Å². The maximum Gasteiger partial charge on any atom is 0.416 e. The molecule has 170 valence electrons. The van der Waals surface area contributed by atoms with Gasteiger partial charge in [0, 0.05) is 23.9 Å². The highest BCUT2D eigenvalue weighted by molar-refractivity contribution is 5.94. The first-order chi connectivity index (χ1) is 15.0. The molecule has 1 N–H and O–H groups in total. The number of nitriles is 1. The molecule has 1 aromatic heterocycles. The number of rotatable bonds is 4. The summed E-state index contributed by atoms with van der Waals surface area (Å²) in [6.45, 7) is 0. The molecule has 1 fully saturated rings. The van der Waals surface area contributed by atoms with Gasteiger partial charge in [0.25, 0.3) is 5.91 Å². The first kappa shape index (κ1) is 23.4. The normalized spacial score (nSPS) is 19.2. The second-order valence-corrected chi connectivity index (χ2v) is 7.36. The van der Waals surface area contributed by atoms with Gasteiger partial charge in [-0.3, -0.25) is 4.79 Å². The lowest BCUT2D eigenvalue weighted by molar-refractivity contribution is -0.143. The molecule has 2 aromatic rings. The Morgan fingerprint density at radius 1 is 1.00 bits per heavy atom. The molecule has 11 heteroatoms. The van der Waals surface area contributed by atoms with Crippen LogP contribution in [-0.2, 0) is 12.4 Å². The minimum Gasteiger partial charge on any atom is -0.474 e. The van der Waals surface area contributed by atoms with Crippen molar-refractivity contribution in [1.29, 1.82) is 5.26 Å². The second-order valence-electron chi connectivity index (χ2n) is 7.36. The van der Waals surface area contributed by atoms with E-state index in [4.69, 9.17) is 10.00 Å². The molecular formula is C21H17F6N3O2. The highest BCUT2D eigenvalue weighted by Gasteiger charge is 2.37. The number of benzene rings is 1. The fourth-order valence-electron chi connectivity index (χ4n) is 3.37. The molecule has 1 heterocycles. The van der Waals surface area contributed by atoms with Crippen molar-refractivity contribution >= 4 is 5.91 Å². The van der Waals surface area contributed by atoms with E-state index in [0.717, 1.165) is 0 Å². The van der Waals surface area contributed by atoms with Gasteiger partial charge >= 0.3 is 12.4 Å². The Kier molecular flexibility index (Phi) is 6.62. The van der Waals surface area contributed by atoms with Crippen LogP contribution in [0.2, 0.25) is 0 Å². The quantitative estimate of drug-likeness (QED) is 0.648. The minimum atomic E-state index is -5.02. The standard InChI is InChI=1S/C21H17F6N3O2/c22-20(23,24)14-7-13(8-15(9-14)21(25,26)27)19(31)30-16-2-4-17(5-3-16)32-18-6-1-12(10-28)11-29-18/h1,6-9,11,16-17H,2-5H2,(H,30,31). The molecule has 1 aliphatic carbocycles. The highest BCUT2D eigenvalue weighted by atomic mass is 19.4. The topological polar surface area (TPSA) is 75.0 Å². The Hall–Kier alpha value is -3.29. The summed E-state index contributed by atoms with van der Waals surface area (Å²) in [6.07, 6.45) is -7.03. The summed E-state index contributed by atoms with van der Waals surface area (Å²) in [4.78, 5) is 16.4. The molecule has 0 radical (unpaired) electrons. The van der Waals surface area contributed by atoms with Crippen LogP contribution in [0.4, 0.5) is 26.3 Å². The van der Waals surface area contributed by atoms with Crippen LogP contribution in [0, 0.1) is 11.3 Å². The lowest BCUT2D eigenvalue weighted by atomic mass is 9.92. The number of alkyl halides is 6. The highest BCUT2D eigenvalue weighted by Crippen LogP contribution is 2.36. The van der Waals surface area contributed by atoms with Crippen molar-refractivity contribution in [1.82, 2.24) is 10.3 Å². The van der Waals surface area contributed by atoms with Gasteiger partial charge < -0.3 is 10.1 Å². The largest absolute Gasteiger partial charge is 0.474 e. The van der Waals surface area contributed by atoms with Gasteiger partial charge in [-0.25, -0.2) is 4.98 Å². The second kappa shape index (κ2) is 9.06. The van der Waals surface area contributed by atoms with Crippen molar-refractivity contribution in [3.63, 3.8) is 0 Å². The molecule has 1 amide bonds. The average molecular weight is 457 g/mol. The molecule has 0 atom stereocenters. The Morgan fingerprint density at radius 3 is 2.06 bits per heavy atom. The molecule has 1 saturated carbocycles. The van der Waals surface area contributed by atoms with Crippen LogP contribution < -0.4 is 10.1 Å². The number of halogens is 6. The fourth-order valence-corrected chi connectivity index (χ4v) is 3.37. The number of hydrogen-bond donors (Lipinski definition) is 1. The van der Waals surface area contributed by atoms with Gasteiger partial charge in [0.2, 0.25) is 5.88 Å². The predicted octanol–water partition coefficient (Wildman–Crippen LogP) is 5.11. The van der Waals surface area contributed by atoms with E-state index in [1.54, 1.807) is 12.1 Å². The SMILES string of the molecule is N#Cc1ccc(OC2CCC(NC(=O)c3cc(C(F)(F)F)cc(C(F)(F)F)c3)CC2)nc1. The maximum absolute atomic E-state index is 13.0. The number of hydrogen-bond acceptors (Lipinski definition) is 4. The van der Waals surface area contributed by atoms with Crippen LogP contribution in [-0.4, -0.2) is 23.0 Å². The van der Waals surface area contributed by atoms with Crippen molar-refractivity contribution in [2.75, 3.05) is 0 Å². The van der Waals surface area contributed by atoms with Gasteiger partial charge in [-0.05, 0) is 49.9 Å². The van der Waals surface area contributed by atoms with E-state index in [1.807, 2.05) is 6.07 Å². The van der Waals surface area contributed by atoms with Gasteiger partial charge in [0.15, 0.2) is 0 Å². The number of ether oxygens (including phenoxy) is 1. The van der Waals surface area contributed by atoms with Crippen molar-refractivity contribution in [2.45, 2.75) is 50.2 Å². The number of carbonyl (C=O) groups excluding carboxylic acids is 1. The molecule has 3 rings (SSSR count). The summed E-state index contributed by atoms with van der Waals surface area (Å²) in [7, 11) is 0. The van der Waals surface area contributed by atoms with Crippen molar-refractivity contribution in [3.8, 4) is 11.9 Å². The Balaban J connectivity index is 1.62. The van der Waals surface area contributed by atoms with E-state index in [1.165, 1.54) is 6.20 Å². The molecule has 0 saturated heterocycles. The van der Waals surface area contributed by atoms with Gasteiger partial charge in [-0.1, -0.05) is 0 Å². The van der Waals surface area contributed by atoms with E-state index in [9.17, 15) is 31.1 Å². The number of amides is 1. The maximum atomic E-state index is 13.0. The zero-order valence-corrected chi connectivity index (χ0v) is 16.4. The molecular weight excluding hydrogens is 440 g/mol. The van der Waals surface area contributed by atoms with E-state index >= 15 is 0 Å². The molecule has 1 aromatic carbocycles. The van der Waals surface area contributed by atoms with Crippen LogP contribution >= 0.6 is 0 Å². The smallest absolute Gasteiger partial charge is 0.416 e. The number of carbonyl (C=O) groups is 1. The van der Waals surface area contributed by atoms with Gasteiger partial charge in [-0.2, -0.15) is 31.6 Å². The van der Waals surface area contributed by atoms with Crippen LogP contribution in [0.15, 0.2) is 36.5 Å². The summed E-state index contributed by atoms with van der Waals surface area (Å²) in [6, 6.07) is 5.43. The van der Waals surface area contributed by atoms with Crippen LogP contribution in [0.5, 0.6) is 5.88 Å². The molecule has 32 heavy (non-hydrogen) atoms. The summed E-state index contributed by atoms with van der Waals surface area (Å²) in [5.74, 6) is -0.667. The van der Waals surface area contributed by atoms with Gasteiger partial charge in [-0.15, -0.1) is 0 Å². The number of nitrogens with one attached hydrogen (secondary N) is 1. The summed E-state index contributed by atoms with van der Waals surface area (Å²) in [5.41, 5.74) is -3.40. The zero-order chi connectivity index (χ0) is 23.5. The lowest BCUT2D eigenvalue weighted by Crippen LogP contribution is -2.40. The van der Waals surface area contributed by atoms with E-state index < -0.39 is 41.0 Å². The first-order valence-electron chi connectivity index (χ1n) is 9.59. The summed E-state index contributed by atoms with van der Waals surface area (Å²) < 4.78 is 83.6. The van der Waals surface area contributed by atoms with Crippen molar-refractivity contribution in [3.05, 3.63) is 58.8 Å². The number of aromatic nitrogens is 1. The average Bonchev–Trinajstić information content (AvgIpc) is 2.74. The molecule has 0 aliphatic heterocycles. The molecule has 0 spiro atoms. The third-order valence-electron chi connectivity index (χ3n) is 5.01. The molecule has 1 aliphatic rings. The monoisotopic (exact) mass is 457 g/mol. The Labute approximate surface area is 179 Å². The van der Waals surface area contributed by atoms with Gasteiger partial charge in [0.1, 0.15) is 12.2 Å². The Bertz CT molecular complexity index is 972. The summed E-state index contributed by atoms with van der Waals surface area (Å²) >= 11 is 0.